The number of rotatable bonds is 5. The second kappa shape index (κ2) is 6.63. The molecule has 0 amide bonds. The standard InChI is InChI=1S/C14H17BrN4/c1-2-7-17-12(10-5-3-9-19-14(10)16)13-11(15)6-4-8-18-13/h3-6,8-9,12,17H,2,7H2,1H3,(H2,16,19). The van der Waals surface area contributed by atoms with Crippen LogP contribution in [0.2, 0.25) is 0 Å². The monoisotopic (exact) mass is 320 g/mol. The number of pyridine rings is 2. The number of nitrogens with two attached hydrogens (primary N) is 1. The highest BCUT2D eigenvalue weighted by molar-refractivity contribution is 9.10. The molecule has 0 radical (unpaired) electrons. The predicted molar refractivity (Wildman–Crippen MR) is 80.7 cm³/mol. The Bertz CT molecular complexity index is 499. The van der Waals surface area contributed by atoms with Gasteiger partial charge in [-0.1, -0.05) is 13.0 Å². The van der Waals surface area contributed by atoms with E-state index in [1.807, 2.05) is 24.3 Å². The van der Waals surface area contributed by atoms with Crippen molar-refractivity contribution in [2.75, 3.05) is 12.3 Å². The van der Waals surface area contributed by atoms with E-state index >= 15 is 0 Å². The number of nitrogens with zero attached hydrogens (tertiary/aromatic N) is 2. The lowest BCUT2D eigenvalue weighted by molar-refractivity contribution is 0.584. The van der Waals surface area contributed by atoms with Gasteiger partial charge in [0.2, 0.25) is 0 Å². The summed E-state index contributed by atoms with van der Waals surface area (Å²) in [5.41, 5.74) is 7.87. The first-order chi connectivity index (χ1) is 9.24. The molecule has 4 nitrogen and oxygen atoms in total. The molecule has 0 saturated carbocycles. The summed E-state index contributed by atoms with van der Waals surface area (Å²) in [6, 6.07) is 7.70. The highest BCUT2D eigenvalue weighted by Crippen LogP contribution is 2.28. The van der Waals surface area contributed by atoms with Gasteiger partial charge in [0, 0.05) is 22.4 Å². The molecule has 0 fully saturated rings. The summed E-state index contributed by atoms with van der Waals surface area (Å²) < 4.78 is 0.965. The van der Waals surface area contributed by atoms with Crippen molar-refractivity contribution >= 4 is 21.7 Å². The van der Waals surface area contributed by atoms with E-state index in [0.29, 0.717) is 5.82 Å². The molecule has 3 N–H and O–H groups in total. The maximum atomic E-state index is 5.99. The maximum Gasteiger partial charge on any atom is 0.128 e. The van der Waals surface area contributed by atoms with Gasteiger partial charge in [-0.05, 0) is 47.1 Å². The van der Waals surface area contributed by atoms with Gasteiger partial charge in [-0.15, -0.1) is 0 Å². The third kappa shape index (κ3) is 3.30. The number of nitrogen functional groups attached to an aromatic ring is 1. The summed E-state index contributed by atoms with van der Waals surface area (Å²) in [4.78, 5) is 8.61. The molecule has 1 atom stereocenters. The predicted octanol–water partition coefficient (Wildman–Crippen LogP) is 2.91. The largest absolute Gasteiger partial charge is 0.383 e. The van der Waals surface area contributed by atoms with Crippen LogP contribution in [0.25, 0.3) is 0 Å². The molecule has 100 valence electrons. The zero-order chi connectivity index (χ0) is 13.7. The normalized spacial score (nSPS) is 12.3. The number of hydrogen-bond acceptors (Lipinski definition) is 4. The Kier molecular flexibility index (Phi) is 4.87. The lowest BCUT2D eigenvalue weighted by Gasteiger charge is -2.20. The van der Waals surface area contributed by atoms with Gasteiger partial charge in [-0.25, -0.2) is 4.98 Å². The second-order valence-corrected chi connectivity index (χ2v) is 5.09. The van der Waals surface area contributed by atoms with Gasteiger partial charge in [0.05, 0.1) is 11.7 Å². The SMILES string of the molecule is CCCNC(c1cccnc1N)c1ncccc1Br. The van der Waals surface area contributed by atoms with E-state index in [1.54, 1.807) is 12.4 Å². The highest BCUT2D eigenvalue weighted by Gasteiger charge is 2.19. The molecule has 0 aromatic carbocycles. The molecule has 1 unspecified atom stereocenters. The van der Waals surface area contributed by atoms with Crippen LogP contribution in [0.1, 0.15) is 30.6 Å². The van der Waals surface area contributed by atoms with Crippen molar-refractivity contribution in [2.45, 2.75) is 19.4 Å². The van der Waals surface area contributed by atoms with Crippen molar-refractivity contribution in [1.29, 1.82) is 0 Å². The number of nitrogens with one attached hydrogen (secondary N) is 1. The fourth-order valence-corrected chi connectivity index (χ4v) is 2.41. The molecule has 2 heterocycles. The van der Waals surface area contributed by atoms with E-state index in [4.69, 9.17) is 5.73 Å². The maximum absolute atomic E-state index is 5.99. The molecule has 2 aromatic heterocycles. The van der Waals surface area contributed by atoms with Gasteiger partial charge in [0.1, 0.15) is 5.82 Å². The number of hydrogen-bond donors (Lipinski definition) is 2. The molecule has 0 aliphatic rings. The van der Waals surface area contributed by atoms with Crippen molar-refractivity contribution in [3.05, 3.63) is 52.4 Å². The van der Waals surface area contributed by atoms with Gasteiger partial charge >= 0.3 is 0 Å². The van der Waals surface area contributed by atoms with Crippen molar-refractivity contribution in [3.63, 3.8) is 0 Å². The zero-order valence-corrected chi connectivity index (χ0v) is 12.4. The second-order valence-electron chi connectivity index (χ2n) is 4.24. The van der Waals surface area contributed by atoms with Crippen LogP contribution in [0, 0.1) is 0 Å². The van der Waals surface area contributed by atoms with E-state index in [-0.39, 0.29) is 6.04 Å². The fraction of sp³-hybridized carbons (Fsp3) is 0.286. The van der Waals surface area contributed by atoms with E-state index in [2.05, 4.69) is 38.1 Å². The zero-order valence-electron chi connectivity index (χ0n) is 10.8. The van der Waals surface area contributed by atoms with Crippen LogP contribution in [-0.2, 0) is 0 Å². The Labute approximate surface area is 121 Å². The number of halogens is 1. The summed E-state index contributed by atoms with van der Waals surface area (Å²) in [6.45, 7) is 3.02. The smallest absolute Gasteiger partial charge is 0.128 e. The summed E-state index contributed by atoms with van der Waals surface area (Å²) in [6.07, 6.45) is 4.53. The first-order valence-corrected chi connectivity index (χ1v) is 7.07. The first-order valence-electron chi connectivity index (χ1n) is 6.28. The minimum Gasteiger partial charge on any atom is -0.383 e. The van der Waals surface area contributed by atoms with E-state index < -0.39 is 0 Å². The lowest BCUT2D eigenvalue weighted by Crippen LogP contribution is -2.25. The van der Waals surface area contributed by atoms with Crippen LogP contribution in [0.3, 0.4) is 0 Å². The minimum absolute atomic E-state index is 0.0516. The Morgan fingerprint density at radius 2 is 2.00 bits per heavy atom. The molecule has 0 spiro atoms. The molecule has 2 rings (SSSR count). The Morgan fingerprint density at radius 3 is 2.68 bits per heavy atom. The van der Waals surface area contributed by atoms with Gasteiger partial charge in [-0.2, -0.15) is 0 Å². The molecule has 0 aliphatic carbocycles. The van der Waals surface area contributed by atoms with Crippen LogP contribution in [0.5, 0.6) is 0 Å². The third-order valence-electron chi connectivity index (χ3n) is 2.84. The highest BCUT2D eigenvalue weighted by atomic mass is 79.9. The van der Waals surface area contributed by atoms with Gasteiger partial charge < -0.3 is 11.1 Å². The molecular weight excluding hydrogens is 304 g/mol. The average Bonchev–Trinajstić information content (AvgIpc) is 2.42. The van der Waals surface area contributed by atoms with E-state index in [9.17, 15) is 0 Å². The summed E-state index contributed by atoms with van der Waals surface area (Å²) >= 11 is 3.55. The molecule has 0 saturated heterocycles. The summed E-state index contributed by atoms with van der Waals surface area (Å²) in [5.74, 6) is 0.536. The van der Waals surface area contributed by atoms with Crippen LogP contribution in [-0.4, -0.2) is 16.5 Å². The summed E-state index contributed by atoms with van der Waals surface area (Å²) in [5, 5.41) is 3.47. The minimum atomic E-state index is -0.0516. The molecular formula is C14H17BrN4. The topological polar surface area (TPSA) is 63.8 Å². The molecule has 5 heteroatoms. The van der Waals surface area contributed by atoms with Crippen molar-refractivity contribution < 1.29 is 0 Å². The lowest BCUT2D eigenvalue weighted by atomic mass is 10.0. The van der Waals surface area contributed by atoms with E-state index in [1.165, 1.54) is 0 Å². The molecule has 0 bridgehead atoms. The first kappa shape index (κ1) is 14.0. The van der Waals surface area contributed by atoms with Crippen molar-refractivity contribution in [1.82, 2.24) is 15.3 Å². The van der Waals surface area contributed by atoms with Gasteiger partial charge in [0.25, 0.3) is 0 Å². The molecule has 19 heavy (non-hydrogen) atoms. The third-order valence-corrected chi connectivity index (χ3v) is 3.51. The van der Waals surface area contributed by atoms with Crippen LogP contribution in [0.15, 0.2) is 41.1 Å². The Morgan fingerprint density at radius 1 is 1.26 bits per heavy atom. The van der Waals surface area contributed by atoms with Gasteiger partial charge in [0.15, 0.2) is 0 Å². The fourth-order valence-electron chi connectivity index (χ4n) is 1.93. The average molecular weight is 321 g/mol. The van der Waals surface area contributed by atoms with Crippen molar-refractivity contribution in [3.8, 4) is 0 Å². The van der Waals surface area contributed by atoms with E-state index in [0.717, 1.165) is 28.7 Å². The Hall–Kier alpha value is -1.46. The molecule has 0 aliphatic heterocycles. The Balaban J connectivity index is 2.42. The number of anilines is 1. The van der Waals surface area contributed by atoms with Gasteiger partial charge in [-0.3, -0.25) is 4.98 Å². The van der Waals surface area contributed by atoms with Crippen LogP contribution in [0.4, 0.5) is 5.82 Å². The summed E-state index contributed by atoms with van der Waals surface area (Å²) in [7, 11) is 0. The van der Waals surface area contributed by atoms with Crippen LogP contribution < -0.4 is 11.1 Å². The van der Waals surface area contributed by atoms with Crippen molar-refractivity contribution in [2.24, 2.45) is 0 Å². The number of aromatic nitrogens is 2. The quantitative estimate of drug-likeness (QED) is 0.889. The molecule has 2 aromatic rings. The van der Waals surface area contributed by atoms with Crippen LogP contribution >= 0.6 is 15.9 Å².